The predicted octanol–water partition coefficient (Wildman–Crippen LogP) is 1.72. The minimum Gasteiger partial charge on any atom is -0.497 e. The van der Waals surface area contributed by atoms with Gasteiger partial charge < -0.3 is 19.9 Å². The summed E-state index contributed by atoms with van der Waals surface area (Å²) in [4.78, 5) is 6.92. The number of rotatable bonds is 7. The van der Waals surface area contributed by atoms with Crippen molar-refractivity contribution in [3.8, 4) is 5.75 Å². The van der Waals surface area contributed by atoms with Crippen LogP contribution in [0.4, 0.5) is 0 Å². The molecular weight excluding hydrogens is 354 g/mol. The molecular formula is C20H31N7O. The van der Waals surface area contributed by atoms with E-state index in [2.05, 4.69) is 42.9 Å². The Morgan fingerprint density at radius 2 is 1.93 bits per heavy atom. The van der Waals surface area contributed by atoms with E-state index in [1.807, 2.05) is 23.7 Å². The number of methoxy groups -OCH3 is 1. The topological polar surface area (TPSA) is 79.6 Å². The highest BCUT2D eigenvalue weighted by Crippen LogP contribution is 2.25. The minimum atomic E-state index is 0.291. The summed E-state index contributed by atoms with van der Waals surface area (Å²) in [6, 6.07) is 8.69. The van der Waals surface area contributed by atoms with Crippen LogP contribution >= 0.6 is 0 Å². The number of hydrogen-bond donors (Lipinski definition) is 2. The Hall–Kier alpha value is -2.61. The number of aliphatic imine (C=N–C) groups is 1. The molecule has 1 aromatic carbocycles. The molecule has 1 unspecified atom stereocenters. The number of aryl methyl sites for hydroxylation is 1. The molecule has 0 aliphatic carbocycles. The fraction of sp³-hybridized carbons (Fsp3) is 0.550. The SMILES string of the molecule is CN=C(NCc1nncn1C)NCC(c1ccc(OC)cc1)N1CCCCC1. The van der Waals surface area contributed by atoms with Crippen molar-refractivity contribution >= 4 is 5.96 Å². The summed E-state index contributed by atoms with van der Waals surface area (Å²) in [5, 5.41) is 14.8. The molecule has 8 heteroatoms. The van der Waals surface area contributed by atoms with Crippen LogP contribution < -0.4 is 15.4 Å². The van der Waals surface area contributed by atoms with Crippen LogP contribution in [0.1, 0.15) is 36.7 Å². The molecule has 0 bridgehead atoms. The van der Waals surface area contributed by atoms with Gasteiger partial charge in [0, 0.05) is 20.6 Å². The molecule has 0 saturated carbocycles. The smallest absolute Gasteiger partial charge is 0.191 e. The van der Waals surface area contributed by atoms with Gasteiger partial charge in [-0.25, -0.2) is 0 Å². The third-order valence-electron chi connectivity index (χ3n) is 5.24. The second-order valence-electron chi connectivity index (χ2n) is 7.05. The summed E-state index contributed by atoms with van der Waals surface area (Å²) >= 11 is 0. The molecule has 3 rings (SSSR count). The van der Waals surface area contributed by atoms with Gasteiger partial charge in [-0.05, 0) is 43.6 Å². The largest absolute Gasteiger partial charge is 0.497 e. The fourth-order valence-corrected chi connectivity index (χ4v) is 3.56. The van der Waals surface area contributed by atoms with E-state index in [4.69, 9.17) is 4.74 Å². The number of guanidine groups is 1. The molecule has 1 fully saturated rings. The molecule has 1 saturated heterocycles. The maximum absolute atomic E-state index is 5.32. The van der Waals surface area contributed by atoms with Crippen molar-refractivity contribution in [3.05, 3.63) is 42.0 Å². The number of benzene rings is 1. The van der Waals surface area contributed by atoms with Crippen molar-refractivity contribution in [2.75, 3.05) is 33.8 Å². The van der Waals surface area contributed by atoms with E-state index in [0.717, 1.165) is 37.2 Å². The lowest BCUT2D eigenvalue weighted by Gasteiger charge is -2.35. The molecule has 0 amide bonds. The first-order valence-electron chi connectivity index (χ1n) is 9.86. The summed E-state index contributed by atoms with van der Waals surface area (Å²) in [6.45, 7) is 3.62. The van der Waals surface area contributed by atoms with E-state index in [-0.39, 0.29) is 0 Å². The molecule has 28 heavy (non-hydrogen) atoms. The quantitative estimate of drug-likeness (QED) is 0.558. The van der Waals surface area contributed by atoms with E-state index >= 15 is 0 Å². The number of ether oxygens (including phenoxy) is 1. The minimum absolute atomic E-state index is 0.291. The van der Waals surface area contributed by atoms with Crippen LogP contribution in [-0.4, -0.2) is 59.4 Å². The van der Waals surface area contributed by atoms with Crippen LogP contribution in [0.15, 0.2) is 35.6 Å². The third kappa shape index (κ3) is 5.22. The summed E-state index contributed by atoms with van der Waals surface area (Å²) in [7, 11) is 5.42. The summed E-state index contributed by atoms with van der Waals surface area (Å²) in [6.07, 6.45) is 5.53. The highest BCUT2D eigenvalue weighted by Gasteiger charge is 2.22. The Bertz CT molecular complexity index is 750. The van der Waals surface area contributed by atoms with Crippen LogP contribution in [0.5, 0.6) is 5.75 Å². The van der Waals surface area contributed by atoms with Crippen LogP contribution in [0.25, 0.3) is 0 Å². The normalized spacial score (nSPS) is 16.6. The number of hydrogen-bond acceptors (Lipinski definition) is 5. The molecule has 152 valence electrons. The van der Waals surface area contributed by atoms with Crippen molar-refractivity contribution in [2.45, 2.75) is 31.8 Å². The Morgan fingerprint density at radius 3 is 2.54 bits per heavy atom. The Balaban J connectivity index is 1.64. The molecule has 2 heterocycles. The lowest BCUT2D eigenvalue weighted by atomic mass is 10.0. The Labute approximate surface area is 167 Å². The van der Waals surface area contributed by atoms with E-state index in [9.17, 15) is 0 Å². The standard InChI is InChI=1S/C20H31N7O/c1-21-20(23-14-19-25-24-15-26(19)2)22-13-18(27-11-5-4-6-12-27)16-7-9-17(28-3)10-8-16/h7-10,15,18H,4-6,11-14H2,1-3H3,(H2,21,22,23). The van der Waals surface area contributed by atoms with Crippen molar-refractivity contribution < 1.29 is 4.74 Å². The average Bonchev–Trinajstić information content (AvgIpc) is 3.16. The summed E-state index contributed by atoms with van der Waals surface area (Å²) in [5.41, 5.74) is 1.29. The van der Waals surface area contributed by atoms with Crippen LogP contribution in [-0.2, 0) is 13.6 Å². The highest BCUT2D eigenvalue weighted by atomic mass is 16.5. The molecule has 0 spiro atoms. The molecule has 1 aromatic heterocycles. The van der Waals surface area contributed by atoms with Crippen LogP contribution in [0, 0.1) is 0 Å². The second-order valence-corrected chi connectivity index (χ2v) is 7.05. The number of piperidine rings is 1. The molecule has 1 atom stereocenters. The van der Waals surface area contributed by atoms with Gasteiger partial charge in [0.25, 0.3) is 0 Å². The maximum atomic E-state index is 5.32. The first kappa shape index (κ1) is 20.1. The molecule has 1 aliphatic rings. The zero-order chi connectivity index (χ0) is 19.8. The number of aromatic nitrogens is 3. The average molecular weight is 386 g/mol. The number of nitrogens with zero attached hydrogens (tertiary/aromatic N) is 5. The fourth-order valence-electron chi connectivity index (χ4n) is 3.56. The van der Waals surface area contributed by atoms with Crippen molar-refractivity contribution in [1.29, 1.82) is 0 Å². The zero-order valence-electron chi connectivity index (χ0n) is 17.1. The van der Waals surface area contributed by atoms with Crippen molar-refractivity contribution in [3.63, 3.8) is 0 Å². The monoisotopic (exact) mass is 385 g/mol. The van der Waals surface area contributed by atoms with Gasteiger partial charge in [-0.15, -0.1) is 10.2 Å². The molecule has 2 N–H and O–H groups in total. The van der Waals surface area contributed by atoms with E-state index in [1.165, 1.54) is 24.8 Å². The van der Waals surface area contributed by atoms with Crippen LogP contribution in [0.2, 0.25) is 0 Å². The molecule has 8 nitrogen and oxygen atoms in total. The maximum Gasteiger partial charge on any atom is 0.191 e. The van der Waals surface area contributed by atoms with Gasteiger partial charge in [0.1, 0.15) is 12.1 Å². The molecule has 0 radical (unpaired) electrons. The van der Waals surface area contributed by atoms with Crippen molar-refractivity contribution in [1.82, 2.24) is 30.3 Å². The van der Waals surface area contributed by atoms with Gasteiger partial charge in [-0.1, -0.05) is 18.6 Å². The Morgan fingerprint density at radius 1 is 1.18 bits per heavy atom. The molecule has 2 aromatic rings. The summed E-state index contributed by atoms with van der Waals surface area (Å²) < 4.78 is 7.21. The van der Waals surface area contributed by atoms with Crippen molar-refractivity contribution in [2.24, 2.45) is 12.0 Å². The number of nitrogens with one attached hydrogen (secondary N) is 2. The zero-order valence-corrected chi connectivity index (χ0v) is 17.1. The second kappa shape index (κ2) is 10.1. The lowest BCUT2D eigenvalue weighted by molar-refractivity contribution is 0.164. The van der Waals surface area contributed by atoms with Gasteiger partial charge in [0.2, 0.25) is 0 Å². The number of likely N-dealkylation sites (tertiary alicyclic amines) is 1. The van der Waals surface area contributed by atoms with Crippen LogP contribution in [0.3, 0.4) is 0 Å². The van der Waals surface area contributed by atoms with Gasteiger partial charge in [-0.3, -0.25) is 9.89 Å². The van der Waals surface area contributed by atoms with Gasteiger partial charge in [0.15, 0.2) is 11.8 Å². The van der Waals surface area contributed by atoms with Gasteiger partial charge in [-0.2, -0.15) is 0 Å². The van der Waals surface area contributed by atoms with E-state index < -0.39 is 0 Å². The van der Waals surface area contributed by atoms with Gasteiger partial charge in [0.05, 0.1) is 19.7 Å². The first-order chi connectivity index (χ1) is 13.7. The van der Waals surface area contributed by atoms with E-state index in [0.29, 0.717) is 12.6 Å². The lowest BCUT2D eigenvalue weighted by Crippen LogP contribution is -2.44. The third-order valence-corrected chi connectivity index (χ3v) is 5.24. The van der Waals surface area contributed by atoms with E-state index in [1.54, 1.807) is 20.5 Å². The highest BCUT2D eigenvalue weighted by molar-refractivity contribution is 5.79. The first-order valence-corrected chi connectivity index (χ1v) is 9.86. The Kier molecular flexibility index (Phi) is 7.25. The van der Waals surface area contributed by atoms with Gasteiger partial charge >= 0.3 is 0 Å². The predicted molar refractivity (Wildman–Crippen MR) is 110 cm³/mol. The molecule has 1 aliphatic heterocycles. The summed E-state index contributed by atoms with van der Waals surface area (Å²) in [5.74, 6) is 2.51.